The second-order valence-electron chi connectivity index (χ2n) is 7.74. The number of carbonyl (C=O) groups is 1. The van der Waals surface area contributed by atoms with Crippen molar-refractivity contribution in [1.29, 1.82) is 0 Å². The maximum atomic E-state index is 14.5. The van der Waals surface area contributed by atoms with Crippen LogP contribution in [0, 0.1) is 21.8 Å². The Labute approximate surface area is 183 Å². The van der Waals surface area contributed by atoms with Gasteiger partial charge >= 0.3 is 0 Å². The summed E-state index contributed by atoms with van der Waals surface area (Å²) in [6.45, 7) is 1.43. The van der Waals surface area contributed by atoms with Gasteiger partial charge in [-0.15, -0.1) is 0 Å². The zero-order chi connectivity index (χ0) is 21.1. The van der Waals surface area contributed by atoms with E-state index < -0.39 is 6.04 Å². The number of likely N-dealkylation sites (tertiary alicyclic amines) is 1. The number of rotatable bonds is 8. The fraction of sp³-hybridized carbons (Fsp3) is 0.409. The van der Waals surface area contributed by atoms with Gasteiger partial charge in [0.15, 0.2) is 5.78 Å². The quantitative estimate of drug-likeness (QED) is 0.296. The lowest BCUT2D eigenvalue weighted by molar-refractivity contribution is -0.387. The van der Waals surface area contributed by atoms with Crippen LogP contribution in [0.4, 0.5) is 10.1 Å². The number of nitro benzene ring substituents is 1. The van der Waals surface area contributed by atoms with E-state index in [1.807, 2.05) is 0 Å². The Balaban J connectivity index is 1.40. The zero-order valence-electron chi connectivity index (χ0n) is 16.4. The highest BCUT2D eigenvalue weighted by Gasteiger charge is 2.40. The first kappa shape index (κ1) is 21.3. The molecule has 1 unspecified atom stereocenters. The topological polar surface area (TPSA) is 63.5 Å². The molecule has 1 heterocycles. The molecule has 0 aromatic heterocycles. The van der Waals surface area contributed by atoms with Crippen molar-refractivity contribution in [3.05, 3.63) is 70.0 Å². The van der Waals surface area contributed by atoms with E-state index in [0.717, 1.165) is 25.7 Å². The first-order chi connectivity index (χ1) is 14.5. The number of nitrogens with zero attached hydrogens (tertiary/aromatic N) is 2. The number of hydrogen-bond donors (Lipinski definition) is 0. The SMILES string of the molecule is O=C(C1CC1)C(c1ccccc1F)N1CCC(SSc2ccccc2[N+](=O)[O-])CC1. The summed E-state index contributed by atoms with van der Waals surface area (Å²) in [6.07, 6.45) is 3.54. The molecule has 30 heavy (non-hydrogen) atoms. The average Bonchev–Trinajstić information content (AvgIpc) is 3.60. The van der Waals surface area contributed by atoms with E-state index in [0.29, 0.717) is 28.8 Å². The van der Waals surface area contributed by atoms with Gasteiger partial charge in [-0.1, -0.05) is 51.9 Å². The molecule has 1 atom stereocenters. The Morgan fingerprint density at radius 2 is 1.73 bits per heavy atom. The molecular weight excluding hydrogens is 423 g/mol. The minimum absolute atomic E-state index is 0.0656. The summed E-state index contributed by atoms with van der Waals surface area (Å²) in [5, 5.41) is 11.5. The minimum atomic E-state index is -0.507. The second kappa shape index (κ2) is 9.49. The fourth-order valence-electron chi connectivity index (χ4n) is 3.85. The predicted molar refractivity (Wildman–Crippen MR) is 118 cm³/mol. The summed E-state index contributed by atoms with van der Waals surface area (Å²) in [4.78, 5) is 26.6. The number of halogens is 1. The molecule has 1 aliphatic heterocycles. The van der Waals surface area contributed by atoms with Crippen LogP contribution in [0.5, 0.6) is 0 Å². The third-order valence-corrected chi connectivity index (χ3v) is 8.64. The van der Waals surface area contributed by atoms with E-state index in [1.54, 1.807) is 47.2 Å². The molecule has 0 amide bonds. The van der Waals surface area contributed by atoms with Crippen molar-refractivity contribution in [1.82, 2.24) is 4.90 Å². The van der Waals surface area contributed by atoms with Gasteiger partial charge in [0.2, 0.25) is 0 Å². The molecular formula is C22H23FN2O3S2. The van der Waals surface area contributed by atoms with E-state index in [9.17, 15) is 19.3 Å². The van der Waals surface area contributed by atoms with E-state index in [-0.39, 0.29) is 28.1 Å². The molecule has 8 heteroatoms. The molecule has 0 spiro atoms. The maximum absolute atomic E-state index is 14.5. The van der Waals surface area contributed by atoms with Crippen LogP contribution in [0.25, 0.3) is 0 Å². The Morgan fingerprint density at radius 1 is 1.07 bits per heavy atom. The van der Waals surface area contributed by atoms with E-state index >= 15 is 0 Å². The summed E-state index contributed by atoms with van der Waals surface area (Å²) in [5.41, 5.74) is 0.608. The van der Waals surface area contributed by atoms with Crippen LogP contribution in [0.15, 0.2) is 53.4 Å². The van der Waals surface area contributed by atoms with E-state index in [4.69, 9.17) is 0 Å². The highest BCUT2D eigenvalue weighted by Crippen LogP contribution is 2.44. The van der Waals surface area contributed by atoms with Crippen LogP contribution in [-0.2, 0) is 4.79 Å². The minimum Gasteiger partial charge on any atom is -0.297 e. The van der Waals surface area contributed by atoms with Crippen molar-refractivity contribution in [3.8, 4) is 0 Å². The fourth-order valence-corrected chi connectivity index (χ4v) is 6.57. The first-order valence-electron chi connectivity index (χ1n) is 10.1. The highest BCUT2D eigenvalue weighted by atomic mass is 33.1. The smallest absolute Gasteiger partial charge is 0.283 e. The summed E-state index contributed by atoms with van der Waals surface area (Å²) < 4.78 is 14.5. The Morgan fingerprint density at radius 3 is 2.40 bits per heavy atom. The van der Waals surface area contributed by atoms with Crippen molar-refractivity contribution < 1.29 is 14.1 Å². The molecule has 1 saturated carbocycles. The van der Waals surface area contributed by atoms with Gasteiger partial charge in [-0.3, -0.25) is 19.8 Å². The molecule has 0 bridgehead atoms. The largest absolute Gasteiger partial charge is 0.297 e. The Hall–Kier alpha value is -1.90. The predicted octanol–water partition coefficient (Wildman–Crippen LogP) is 5.66. The molecule has 0 radical (unpaired) electrons. The van der Waals surface area contributed by atoms with Gasteiger partial charge in [-0.25, -0.2) is 4.39 Å². The van der Waals surface area contributed by atoms with Crippen LogP contribution in [-0.4, -0.2) is 33.9 Å². The van der Waals surface area contributed by atoms with Gasteiger partial charge in [-0.2, -0.15) is 0 Å². The van der Waals surface area contributed by atoms with Crippen molar-refractivity contribution >= 4 is 33.1 Å². The van der Waals surface area contributed by atoms with Crippen LogP contribution in [0.2, 0.25) is 0 Å². The maximum Gasteiger partial charge on any atom is 0.283 e. The third-order valence-electron chi connectivity index (χ3n) is 5.63. The molecule has 2 aromatic carbocycles. The molecule has 0 N–H and O–H groups in total. The first-order valence-corrected chi connectivity index (χ1v) is 12.3. The van der Waals surface area contributed by atoms with E-state index in [2.05, 4.69) is 4.90 Å². The number of hydrogen-bond acceptors (Lipinski definition) is 6. The van der Waals surface area contributed by atoms with E-state index in [1.165, 1.54) is 22.9 Å². The third kappa shape index (κ3) is 4.87. The summed E-state index contributed by atoms with van der Waals surface area (Å²) >= 11 is 0. The Bertz CT molecular complexity index is 930. The van der Waals surface area contributed by atoms with Crippen molar-refractivity contribution in [2.45, 2.75) is 41.9 Å². The standard InChI is InChI=1S/C22H23FN2O3S2/c23-18-6-2-1-5-17(18)21(22(26)15-9-10-15)24-13-11-16(12-14-24)29-30-20-8-4-3-7-19(20)25(27)28/h1-8,15-16,21H,9-14H2. The number of para-hydroxylation sites is 1. The molecule has 158 valence electrons. The van der Waals surface area contributed by atoms with Crippen molar-refractivity contribution in [2.75, 3.05) is 13.1 Å². The van der Waals surface area contributed by atoms with Crippen molar-refractivity contribution in [2.24, 2.45) is 5.92 Å². The number of piperidine rings is 1. The second-order valence-corrected chi connectivity index (χ2v) is 10.3. The van der Waals surface area contributed by atoms with Crippen LogP contribution in [0.3, 0.4) is 0 Å². The lowest BCUT2D eigenvalue weighted by Crippen LogP contribution is -2.41. The lowest BCUT2D eigenvalue weighted by atomic mass is 9.95. The van der Waals surface area contributed by atoms with Crippen LogP contribution in [0.1, 0.15) is 37.3 Å². The summed E-state index contributed by atoms with van der Waals surface area (Å²) in [6, 6.07) is 12.9. The van der Waals surface area contributed by atoms with Crippen molar-refractivity contribution in [3.63, 3.8) is 0 Å². The molecule has 1 saturated heterocycles. The number of nitro groups is 1. The number of benzene rings is 2. The molecule has 2 fully saturated rings. The number of Topliss-reactive ketones (excluding diaryl/α,β-unsaturated/α-hetero) is 1. The molecule has 5 nitrogen and oxygen atoms in total. The average molecular weight is 447 g/mol. The normalized spacial score (nSPS) is 18.8. The number of ketones is 1. The van der Waals surface area contributed by atoms with Crippen LogP contribution >= 0.6 is 21.6 Å². The molecule has 2 aliphatic rings. The van der Waals surface area contributed by atoms with Gasteiger partial charge in [0, 0.05) is 35.9 Å². The monoisotopic (exact) mass is 446 g/mol. The van der Waals surface area contributed by atoms with Gasteiger partial charge < -0.3 is 0 Å². The molecule has 4 rings (SSSR count). The van der Waals surface area contributed by atoms with Gasteiger partial charge in [0.1, 0.15) is 5.82 Å². The van der Waals surface area contributed by atoms with Crippen LogP contribution < -0.4 is 0 Å². The Kier molecular flexibility index (Phi) is 6.75. The van der Waals surface area contributed by atoms with Gasteiger partial charge in [-0.05, 0) is 37.8 Å². The highest BCUT2D eigenvalue weighted by molar-refractivity contribution is 8.77. The number of carbonyl (C=O) groups excluding carboxylic acids is 1. The molecule has 1 aliphatic carbocycles. The molecule has 2 aromatic rings. The van der Waals surface area contributed by atoms with Gasteiger partial charge in [0.25, 0.3) is 5.69 Å². The summed E-state index contributed by atoms with van der Waals surface area (Å²) in [7, 11) is 3.09. The van der Waals surface area contributed by atoms with Gasteiger partial charge in [0.05, 0.1) is 15.9 Å². The lowest BCUT2D eigenvalue weighted by Gasteiger charge is -2.37. The zero-order valence-corrected chi connectivity index (χ0v) is 18.0. The summed E-state index contributed by atoms with van der Waals surface area (Å²) in [5.74, 6) is -0.115.